The highest BCUT2D eigenvalue weighted by Gasteiger charge is 2.29. The Morgan fingerprint density at radius 3 is 2.08 bits per heavy atom. The summed E-state index contributed by atoms with van der Waals surface area (Å²) in [6.07, 6.45) is -0.0558. The number of hydrogen-bond donors (Lipinski definition) is 0. The fourth-order valence-corrected chi connectivity index (χ4v) is 5.97. The summed E-state index contributed by atoms with van der Waals surface area (Å²) in [5.74, 6) is -6.71. The van der Waals surface area contributed by atoms with Crippen LogP contribution in [0.25, 0.3) is 10.8 Å². The molecular formula is C37H29F4N3O4. The van der Waals surface area contributed by atoms with Gasteiger partial charge >= 0.3 is 0 Å². The first-order valence-corrected chi connectivity index (χ1v) is 15.3. The minimum Gasteiger partial charge on any atom is -0.367 e. The summed E-state index contributed by atoms with van der Waals surface area (Å²) in [4.78, 5) is 56.5. The summed E-state index contributed by atoms with van der Waals surface area (Å²) in [6.45, 7) is 1.30. The Morgan fingerprint density at radius 1 is 0.708 bits per heavy atom. The molecule has 0 atom stereocenters. The average Bonchev–Trinajstić information content (AvgIpc) is 3.08. The van der Waals surface area contributed by atoms with Crippen molar-refractivity contribution in [1.82, 2.24) is 9.47 Å². The van der Waals surface area contributed by atoms with Gasteiger partial charge in [-0.2, -0.15) is 0 Å². The number of carbonyl (C=O) groups is 3. The molecule has 0 aliphatic carbocycles. The van der Waals surface area contributed by atoms with E-state index in [1.807, 2.05) is 42.5 Å². The first kappa shape index (κ1) is 32.4. The fourth-order valence-electron chi connectivity index (χ4n) is 5.97. The van der Waals surface area contributed by atoms with Gasteiger partial charge in [-0.1, -0.05) is 48.5 Å². The zero-order valence-electron chi connectivity index (χ0n) is 25.6. The fraction of sp³-hybridized carbons (Fsp3) is 0.189. The molecule has 11 heteroatoms. The zero-order valence-corrected chi connectivity index (χ0v) is 25.6. The number of benzene rings is 4. The third kappa shape index (κ3) is 6.90. The maximum absolute atomic E-state index is 14.5. The molecule has 1 aromatic heterocycles. The number of piperazine rings is 1. The number of fused-ring (bicyclic) bond motifs is 1. The minimum atomic E-state index is -1.15. The molecule has 1 fully saturated rings. The van der Waals surface area contributed by atoms with E-state index in [1.165, 1.54) is 35.4 Å². The van der Waals surface area contributed by atoms with Crippen LogP contribution in [-0.2, 0) is 22.6 Å². The second kappa shape index (κ2) is 13.6. The summed E-state index contributed by atoms with van der Waals surface area (Å²) >= 11 is 0. The van der Waals surface area contributed by atoms with Gasteiger partial charge in [0.1, 0.15) is 23.3 Å². The van der Waals surface area contributed by atoms with Crippen LogP contribution in [0.3, 0.4) is 0 Å². The molecule has 7 nitrogen and oxygen atoms in total. The molecule has 0 N–H and O–H groups in total. The Morgan fingerprint density at radius 2 is 1.38 bits per heavy atom. The number of aromatic nitrogens is 1. The summed E-state index contributed by atoms with van der Waals surface area (Å²) < 4.78 is 57.1. The van der Waals surface area contributed by atoms with E-state index < -0.39 is 70.3 Å². The average molecular weight is 656 g/mol. The van der Waals surface area contributed by atoms with Crippen LogP contribution in [0.5, 0.6) is 0 Å². The monoisotopic (exact) mass is 655 g/mol. The lowest BCUT2D eigenvalue weighted by Gasteiger charge is -2.36. The molecular weight excluding hydrogens is 626 g/mol. The number of halogens is 4. The lowest BCUT2D eigenvalue weighted by atomic mass is 10.00. The Bertz CT molecular complexity index is 2080. The predicted octanol–water partition coefficient (Wildman–Crippen LogP) is 5.69. The normalized spacial score (nSPS) is 13.2. The SMILES string of the molecule is O=C(CC(=O)c1cc(Cc2c(F)cc(F)cc2F)cn(Cc2ccc(F)cc2)c1=O)C(=O)N1CCN(c2cccc3ccccc23)CC1. The van der Waals surface area contributed by atoms with Gasteiger partial charge in [-0.3, -0.25) is 19.2 Å². The standard InChI is InChI=1S/C37H29F4N3O4/c38-26-10-8-23(9-11-26)21-44-22-24(16-29-31(40)18-27(39)19-32(29)41)17-30(36(44)47)34(45)20-35(46)37(48)43-14-12-42(13-15-43)33-7-3-5-25-4-1-2-6-28(25)33/h1-11,17-19,22H,12-16,20-21H2. The molecule has 0 radical (unpaired) electrons. The Kier molecular flexibility index (Phi) is 9.20. The van der Waals surface area contributed by atoms with Crippen LogP contribution in [0.2, 0.25) is 0 Å². The molecule has 1 amide bonds. The molecule has 0 unspecified atom stereocenters. The van der Waals surface area contributed by atoms with Gasteiger partial charge in [0.15, 0.2) is 5.78 Å². The van der Waals surface area contributed by atoms with E-state index in [0.717, 1.165) is 27.1 Å². The number of Topliss-reactive ketones (excluding diaryl/α,β-unsaturated/α-hetero) is 2. The molecule has 48 heavy (non-hydrogen) atoms. The van der Waals surface area contributed by atoms with Gasteiger partial charge < -0.3 is 14.4 Å². The number of carbonyl (C=O) groups excluding carboxylic acids is 3. The number of ketones is 2. The highest BCUT2D eigenvalue weighted by atomic mass is 19.1. The quantitative estimate of drug-likeness (QED) is 0.0883. The summed E-state index contributed by atoms with van der Waals surface area (Å²) in [7, 11) is 0. The number of anilines is 1. The van der Waals surface area contributed by atoms with Gasteiger partial charge in [0, 0.05) is 67.6 Å². The van der Waals surface area contributed by atoms with Crippen molar-refractivity contribution >= 4 is 33.9 Å². The van der Waals surface area contributed by atoms with E-state index in [1.54, 1.807) is 0 Å². The number of pyridine rings is 1. The summed E-state index contributed by atoms with van der Waals surface area (Å²) in [5.41, 5.74) is -0.138. The Labute approximate surface area is 272 Å². The summed E-state index contributed by atoms with van der Waals surface area (Å²) in [5, 5.41) is 2.15. The number of amides is 1. The van der Waals surface area contributed by atoms with Gasteiger partial charge in [0.25, 0.3) is 11.5 Å². The largest absolute Gasteiger partial charge is 0.367 e. The molecule has 0 saturated carbocycles. The van der Waals surface area contributed by atoms with Crippen molar-refractivity contribution in [2.24, 2.45) is 0 Å². The molecule has 1 aliphatic heterocycles. The Hall–Kier alpha value is -5.58. The second-order valence-electron chi connectivity index (χ2n) is 11.6. The first-order chi connectivity index (χ1) is 23.1. The third-order valence-electron chi connectivity index (χ3n) is 8.43. The Balaban J connectivity index is 1.20. The molecule has 1 saturated heterocycles. The molecule has 244 valence electrons. The molecule has 4 aromatic carbocycles. The third-order valence-corrected chi connectivity index (χ3v) is 8.43. The number of nitrogens with zero attached hydrogens (tertiary/aromatic N) is 3. The van der Waals surface area contributed by atoms with Gasteiger partial charge in [-0.05, 0) is 40.8 Å². The van der Waals surface area contributed by atoms with E-state index in [0.29, 0.717) is 30.8 Å². The van der Waals surface area contributed by atoms with Crippen molar-refractivity contribution < 1.29 is 31.9 Å². The highest BCUT2D eigenvalue weighted by Crippen LogP contribution is 2.27. The van der Waals surface area contributed by atoms with Crippen molar-refractivity contribution in [3.05, 3.63) is 147 Å². The second-order valence-corrected chi connectivity index (χ2v) is 11.6. The van der Waals surface area contributed by atoms with Crippen molar-refractivity contribution in [3.63, 3.8) is 0 Å². The van der Waals surface area contributed by atoms with E-state index in [9.17, 15) is 36.7 Å². The van der Waals surface area contributed by atoms with Crippen molar-refractivity contribution in [2.75, 3.05) is 31.1 Å². The minimum absolute atomic E-state index is 0.118. The molecule has 2 heterocycles. The van der Waals surface area contributed by atoms with E-state index >= 15 is 0 Å². The topological polar surface area (TPSA) is 79.7 Å². The zero-order chi connectivity index (χ0) is 33.9. The number of hydrogen-bond acceptors (Lipinski definition) is 5. The number of rotatable bonds is 9. The maximum atomic E-state index is 14.5. The predicted molar refractivity (Wildman–Crippen MR) is 172 cm³/mol. The molecule has 0 spiro atoms. The van der Waals surface area contributed by atoms with E-state index in [-0.39, 0.29) is 25.2 Å². The van der Waals surface area contributed by atoms with Gasteiger partial charge in [-0.25, -0.2) is 17.6 Å². The lowest BCUT2D eigenvalue weighted by molar-refractivity contribution is -0.144. The van der Waals surface area contributed by atoms with Crippen LogP contribution in [0.15, 0.2) is 95.9 Å². The van der Waals surface area contributed by atoms with Crippen molar-refractivity contribution in [2.45, 2.75) is 19.4 Å². The summed E-state index contributed by atoms with van der Waals surface area (Å²) in [6, 6.07) is 21.3. The van der Waals surface area contributed by atoms with Crippen LogP contribution in [0, 0.1) is 23.3 Å². The van der Waals surface area contributed by atoms with Gasteiger partial charge in [-0.15, -0.1) is 0 Å². The van der Waals surface area contributed by atoms with Crippen molar-refractivity contribution in [1.29, 1.82) is 0 Å². The van der Waals surface area contributed by atoms with Gasteiger partial charge in [0.05, 0.1) is 18.5 Å². The van der Waals surface area contributed by atoms with Crippen molar-refractivity contribution in [3.8, 4) is 0 Å². The molecule has 0 bridgehead atoms. The van der Waals surface area contributed by atoms with E-state index in [4.69, 9.17) is 0 Å². The van der Waals surface area contributed by atoms with Gasteiger partial charge in [0.2, 0.25) is 5.78 Å². The van der Waals surface area contributed by atoms with Crippen LogP contribution >= 0.6 is 0 Å². The van der Waals surface area contributed by atoms with Crippen LogP contribution in [0.4, 0.5) is 23.2 Å². The lowest BCUT2D eigenvalue weighted by Crippen LogP contribution is -2.51. The smallest absolute Gasteiger partial charge is 0.290 e. The van der Waals surface area contributed by atoms with Crippen LogP contribution < -0.4 is 10.5 Å². The van der Waals surface area contributed by atoms with Crippen LogP contribution in [0.1, 0.15) is 33.5 Å². The van der Waals surface area contributed by atoms with E-state index in [2.05, 4.69) is 4.90 Å². The highest BCUT2D eigenvalue weighted by molar-refractivity contribution is 6.40. The first-order valence-electron chi connectivity index (χ1n) is 15.3. The maximum Gasteiger partial charge on any atom is 0.290 e. The molecule has 6 rings (SSSR count). The molecule has 5 aromatic rings. The van der Waals surface area contributed by atoms with Crippen LogP contribution in [-0.4, -0.2) is 53.1 Å². The molecule has 1 aliphatic rings.